The molecule has 1 aliphatic rings. The van der Waals surface area contributed by atoms with Crippen LogP contribution in [0.2, 0.25) is 0 Å². The number of aryl methyl sites for hydroxylation is 1. The normalized spacial score (nSPS) is 19.0. The minimum Gasteiger partial charge on any atom is -0.288 e. The van der Waals surface area contributed by atoms with Gasteiger partial charge in [0.25, 0.3) is 0 Å². The van der Waals surface area contributed by atoms with Crippen molar-refractivity contribution >= 4 is 49.5 Å². The maximum Gasteiger partial charge on any atom is 0.230 e. The maximum atomic E-state index is 12.1. The van der Waals surface area contributed by atoms with Crippen molar-refractivity contribution in [3.8, 4) is 0 Å². The molecule has 1 unspecified atom stereocenters. The van der Waals surface area contributed by atoms with Gasteiger partial charge in [-0.3, -0.25) is 14.5 Å². The highest BCUT2D eigenvalue weighted by Gasteiger charge is 2.33. The summed E-state index contributed by atoms with van der Waals surface area (Å²) in [6.07, 6.45) is 0.416. The van der Waals surface area contributed by atoms with E-state index in [4.69, 9.17) is 0 Å². The summed E-state index contributed by atoms with van der Waals surface area (Å²) < 4.78 is 1.09. The Morgan fingerprint density at radius 3 is 3.00 bits per heavy atom. The molecule has 0 spiro atoms. The lowest BCUT2D eigenvalue weighted by Gasteiger charge is -2.11. The fourth-order valence-corrected chi connectivity index (χ4v) is 4.35. The second-order valence-corrected chi connectivity index (χ2v) is 7.34. The molecule has 2 heterocycles. The summed E-state index contributed by atoms with van der Waals surface area (Å²) in [7, 11) is 0. The van der Waals surface area contributed by atoms with E-state index in [2.05, 4.69) is 4.98 Å². The number of rotatable bonds is 2. The van der Waals surface area contributed by atoms with Crippen molar-refractivity contribution in [1.29, 1.82) is 0 Å². The van der Waals surface area contributed by atoms with E-state index < -0.39 is 0 Å². The largest absolute Gasteiger partial charge is 0.288 e. The summed E-state index contributed by atoms with van der Waals surface area (Å²) in [6, 6.07) is 6.04. The van der Waals surface area contributed by atoms with E-state index in [1.807, 2.05) is 25.1 Å². The van der Waals surface area contributed by atoms with Crippen molar-refractivity contribution in [2.75, 3.05) is 11.4 Å². The molecular formula is C14H14N2O2S2. The van der Waals surface area contributed by atoms with Gasteiger partial charge in [0, 0.05) is 25.1 Å². The van der Waals surface area contributed by atoms with E-state index in [0.717, 1.165) is 20.9 Å². The zero-order chi connectivity index (χ0) is 14.3. The second kappa shape index (κ2) is 5.18. The number of benzene rings is 1. The lowest BCUT2D eigenvalue weighted by Crippen LogP contribution is -2.24. The van der Waals surface area contributed by atoms with Crippen LogP contribution in [0.15, 0.2) is 18.2 Å². The number of aromatic nitrogens is 1. The van der Waals surface area contributed by atoms with Crippen molar-refractivity contribution in [3.05, 3.63) is 23.8 Å². The summed E-state index contributed by atoms with van der Waals surface area (Å²) in [5.74, 6) is 0.0560. The molecule has 104 valence electrons. The Morgan fingerprint density at radius 2 is 2.30 bits per heavy atom. The van der Waals surface area contributed by atoms with Crippen LogP contribution >= 0.6 is 23.1 Å². The molecule has 0 aliphatic carbocycles. The molecule has 0 N–H and O–H groups in total. The molecular weight excluding hydrogens is 292 g/mol. The SMILES string of the molecule is CC(=O)SC1CC(=O)N(c2nc3c(C)cccc3s2)C1. The lowest BCUT2D eigenvalue weighted by atomic mass is 10.2. The lowest BCUT2D eigenvalue weighted by molar-refractivity contribution is -0.117. The standard InChI is InChI=1S/C14H14N2O2S2/c1-8-4-3-5-11-13(8)15-14(20-11)16-7-10(6-12(16)18)19-9(2)17/h3-5,10H,6-7H2,1-2H3. The summed E-state index contributed by atoms with van der Waals surface area (Å²) in [6.45, 7) is 4.13. The van der Waals surface area contributed by atoms with E-state index in [1.165, 1.54) is 23.1 Å². The molecule has 6 heteroatoms. The van der Waals surface area contributed by atoms with Crippen LogP contribution in [0.4, 0.5) is 5.13 Å². The van der Waals surface area contributed by atoms with Crippen LogP contribution in [0, 0.1) is 6.92 Å². The van der Waals surface area contributed by atoms with Gasteiger partial charge in [-0.2, -0.15) is 0 Å². The molecule has 1 atom stereocenters. The quantitative estimate of drug-likeness (QED) is 0.856. The summed E-state index contributed by atoms with van der Waals surface area (Å²) in [5, 5.41) is 0.851. The molecule has 1 aromatic heterocycles. The topological polar surface area (TPSA) is 50.3 Å². The highest BCUT2D eigenvalue weighted by atomic mass is 32.2. The Labute approximate surface area is 125 Å². The molecule has 4 nitrogen and oxygen atoms in total. The molecule has 3 rings (SSSR count). The van der Waals surface area contributed by atoms with Crippen LogP contribution in [0.25, 0.3) is 10.2 Å². The summed E-state index contributed by atoms with van der Waals surface area (Å²) >= 11 is 2.78. The molecule has 1 saturated heterocycles. The first-order valence-corrected chi connectivity index (χ1v) is 8.08. The van der Waals surface area contributed by atoms with Gasteiger partial charge < -0.3 is 0 Å². The summed E-state index contributed by atoms with van der Waals surface area (Å²) in [5.41, 5.74) is 2.08. The van der Waals surface area contributed by atoms with Crippen molar-refractivity contribution in [2.45, 2.75) is 25.5 Å². The van der Waals surface area contributed by atoms with Gasteiger partial charge in [-0.25, -0.2) is 4.98 Å². The average molecular weight is 306 g/mol. The monoisotopic (exact) mass is 306 g/mol. The van der Waals surface area contributed by atoms with E-state index in [0.29, 0.717) is 13.0 Å². The third kappa shape index (κ3) is 2.45. The number of hydrogen-bond donors (Lipinski definition) is 0. The molecule has 2 aromatic rings. The number of thioether (sulfide) groups is 1. The Morgan fingerprint density at radius 1 is 1.50 bits per heavy atom. The molecule has 0 saturated carbocycles. The second-order valence-electron chi connectivity index (χ2n) is 4.86. The molecule has 0 radical (unpaired) electrons. The number of fused-ring (bicyclic) bond motifs is 1. The highest BCUT2D eigenvalue weighted by molar-refractivity contribution is 8.14. The molecule has 1 aliphatic heterocycles. The fourth-order valence-electron chi connectivity index (χ4n) is 2.36. The van der Waals surface area contributed by atoms with Crippen LogP contribution in [0.3, 0.4) is 0 Å². The number of carbonyl (C=O) groups is 2. The van der Waals surface area contributed by atoms with Crippen LogP contribution in [0.5, 0.6) is 0 Å². The van der Waals surface area contributed by atoms with Crippen LogP contribution in [-0.4, -0.2) is 27.8 Å². The first-order chi connectivity index (χ1) is 9.54. The highest BCUT2D eigenvalue weighted by Crippen LogP contribution is 2.34. The first-order valence-electron chi connectivity index (χ1n) is 6.38. The fraction of sp³-hybridized carbons (Fsp3) is 0.357. The number of anilines is 1. The number of carbonyl (C=O) groups excluding carboxylic acids is 2. The third-order valence-corrected chi connectivity index (χ3v) is 5.29. The van der Waals surface area contributed by atoms with Gasteiger partial charge in [0.1, 0.15) is 0 Å². The van der Waals surface area contributed by atoms with E-state index >= 15 is 0 Å². The Balaban J connectivity index is 1.89. The Kier molecular flexibility index (Phi) is 3.52. The van der Waals surface area contributed by atoms with Gasteiger partial charge >= 0.3 is 0 Å². The molecule has 1 aromatic carbocycles. The zero-order valence-electron chi connectivity index (χ0n) is 11.3. The number of para-hydroxylation sites is 1. The van der Waals surface area contributed by atoms with Gasteiger partial charge in [0.05, 0.1) is 10.2 Å². The minimum atomic E-state index is 0.0492. The number of hydrogen-bond acceptors (Lipinski definition) is 5. The predicted molar refractivity (Wildman–Crippen MR) is 83.4 cm³/mol. The smallest absolute Gasteiger partial charge is 0.230 e. The Bertz CT molecular complexity index is 696. The minimum absolute atomic E-state index is 0.0492. The summed E-state index contributed by atoms with van der Waals surface area (Å²) in [4.78, 5) is 29.6. The average Bonchev–Trinajstić information content (AvgIpc) is 2.93. The first kappa shape index (κ1) is 13.6. The van der Waals surface area contributed by atoms with E-state index in [9.17, 15) is 9.59 Å². The van der Waals surface area contributed by atoms with Crippen molar-refractivity contribution in [1.82, 2.24) is 4.98 Å². The maximum absolute atomic E-state index is 12.1. The van der Waals surface area contributed by atoms with Crippen molar-refractivity contribution in [2.24, 2.45) is 0 Å². The number of nitrogens with zero attached hydrogens (tertiary/aromatic N) is 2. The van der Waals surface area contributed by atoms with Gasteiger partial charge in [-0.05, 0) is 18.6 Å². The molecule has 1 fully saturated rings. The number of thiazole rings is 1. The van der Waals surface area contributed by atoms with Crippen molar-refractivity contribution in [3.63, 3.8) is 0 Å². The number of amides is 1. The molecule has 1 amide bonds. The zero-order valence-corrected chi connectivity index (χ0v) is 12.9. The Hall–Kier alpha value is -1.40. The van der Waals surface area contributed by atoms with Crippen LogP contribution < -0.4 is 4.90 Å². The predicted octanol–water partition coefficient (Wildman–Crippen LogP) is 2.99. The van der Waals surface area contributed by atoms with Gasteiger partial charge in [-0.1, -0.05) is 35.2 Å². The van der Waals surface area contributed by atoms with Gasteiger partial charge in [-0.15, -0.1) is 0 Å². The van der Waals surface area contributed by atoms with E-state index in [1.54, 1.807) is 11.8 Å². The van der Waals surface area contributed by atoms with E-state index in [-0.39, 0.29) is 16.3 Å². The van der Waals surface area contributed by atoms with Crippen LogP contribution in [-0.2, 0) is 9.59 Å². The third-order valence-electron chi connectivity index (χ3n) is 3.26. The molecule has 20 heavy (non-hydrogen) atoms. The van der Waals surface area contributed by atoms with Gasteiger partial charge in [0.15, 0.2) is 10.2 Å². The van der Waals surface area contributed by atoms with Crippen molar-refractivity contribution < 1.29 is 9.59 Å². The van der Waals surface area contributed by atoms with Crippen LogP contribution in [0.1, 0.15) is 18.9 Å². The van der Waals surface area contributed by atoms with Gasteiger partial charge in [0.2, 0.25) is 5.91 Å². The molecule has 0 bridgehead atoms.